The van der Waals surface area contributed by atoms with Crippen LogP contribution in [-0.4, -0.2) is 61.0 Å². The summed E-state index contributed by atoms with van der Waals surface area (Å²) in [6, 6.07) is 0.901. The van der Waals surface area contributed by atoms with E-state index in [4.69, 9.17) is 21.1 Å². The highest BCUT2D eigenvalue weighted by Crippen LogP contribution is 2.36. The van der Waals surface area contributed by atoms with Crippen molar-refractivity contribution in [3.05, 3.63) is 22.8 Å². The molecule has 3 aliphatic heterocycles. The molecule has 10 heteroatoms. The molecule has 0 N–H and O–H groups in total. The Bertz CT molecular complexity index is 753. The highest BCUT2D eigenvalue weighted by atomic mass is 35.5. The van der Waals surface area contributed by atoms with Crippen LogP contribution in [0.1, 0.15) is 31.2 Å². The van der Waals surface area contributed by atoms with Crippen LogP contribution in [0.5, 0.6) is 0 Å². The minimum atomic E-state index is -4.48. The molecular formula is C19H23ClF3N3O3. The largest absolute Gasteiger partial charge is 0.417 e. The molecule has 1 spiro atoms. The number of hydrogen-bond acceptors (Lipinski definition) is 5. The summed E-state index contributed by atoms with van der Waals surface area (Å²) in [5, 5.41) is -0.0255. The summed E-state index contributed by atoms with van der Waals surface area (Å²) in [6.07, 6.45) is -1.07. The predicted molar refractivity (Wildman–Crippen MR) is 99.6 cm³/mol. The first-order chi connectivity index (χ1) is 13.8. The van der Waals surface area contributed by atoms with E-state index in [1.54, 1.807) is 0 Å². The molecule has 4 heterocycles. The Morgan fingerprint density at radius 2 is 1.76 bits per heavy atom. The van der Waals surface area contributed by atoms with E-state index >= 15 is 0 Å². The number of pyridine rings is 1. The van der Waals surface area contributed by atoms with Crippen LogP contribution in [0.15, 0.2) is 12.3 Å². The second-order valence-corrected chi connectivity index (χ2v) is 8.13. The standard InChI is InChI=1S/C19H23ClF3N3O3/c20-15-11-14(19(21,22)23)12-24-16(15)25-5-1-13(2-6-25)17(27)26-7-3-18(4-8-26)28-9-10-29-18/h11-13H,1-10H2. The summed E-state index contributed by atoms with van der Waals surface area (Å²) in [6.45, 7) is 3.49. The van der Waals surface area contributed by atoms with Gasteiger partial charge in [0.05, 0.1) is 23.8 Å². The minimum Gasteiger partial charge on any atom is -0.355 e. The highest BCUT2D eigenvalue weighted by molar-refractivity contribution is 6.33. The van der Waals surface area contributed by atoms with Gasteiger partial charge in [0.15, 0.2) is 5.79 Å². The zero-order valence-electron chi connectivity index (χ0n) is 15.9. The zero-order chi connectivity index (χ0) is 20.6. The lowest BCUT2D eigenvalue weighted by Gasteiger charge is -2.40. The van der Waals surface area contributed by atoms with Crippen LogP contribution >= 0.6 is 11.6 Å². The predicted octanol–water partition coefficient (Wildman–Crippen LogP) is 3.34. The molecule has 1 aromatic heterocycles. The Labute approximate surface area is 171 Å². The van der Waals surface area contributed by atoms with Crippen molar-refractivity contribution >= 4 is 23.3 Å². The lowest BCUT2D eigenvalue weighted by atomic mass is 9.93. The fraction of sp³-hybridized carbons (Fsp3) is 0.684. The Morgan fingerprint density at radius 1 is 1.14 bits per heavy atom. The molecule has 0 aliphatic carbocycles. The number of halogens is 4. The van der Waals surface area contributed by atoms with E-state index in [2.05, 4.69) is 4.98 Å². The monoisotopic (exact) mass is 433 g/mol. The van der Waals surface area contributed by atoms with Gasteiger partial charge in [-0.1, -0.05) is 11.6 Å². The van der Waals surface area contributed by atoms with Gasteiger partial charge in [-0.2, -0.15) is 13.2 Å². The van der Waals surface area contributed by atoms with Crippen LogP contribution in [-0.2, 0) is 20.4 Å². The van der Waals surface area contributed by atoms with E-state index in [0.29, 0.717) is 70.9 Å². The summed E-state index contributed by atoms with van der Waals surface area (Å²) >= 11 is 6.05. The number of amides is 1. The summed E-state index contributed by atoms with van der Waals surface area (Å²) in [7, 11) is 0. The number of rotatable bonds is 2. The van der Waals surface area contributed by atoms with Gasteiger partial charge in [-0.25, -0.2) is 4.98 Å². The van der Waals surface area contributed by atoms with E-state index in [0.717, 1.165) is 12.3 Å². The van der Waals surface area contributed by atoms with Crippen molar-refractivity contribution in [1.82, 2.24) is 9.88 Å². The van der Waals surface area contributed by atoms with Gasteiger partial charge < -0.3 is 19.3 Å². The molecular weight excluding hydrogens is 411 g/mol. The van der Waals surface area contributed by atoms with Gasteiger partial charge in [-0.3, -0.25) is 4.79 Å². The third-order valence-electron chi connectivity index (χ3n) is 5.94. The molecule has 0 bridgehead atoms. The highest BCUT2D eigenvalue weighted by Gasteiger charge is 2.42. The van der Waals surface area contributed by atoms with E-state index < -0.39 is 17.5 Å². The third-order valence-corrected chi connectivity index (χ3v) is 6.22. The first kappa shape index (κ1) is 20.7. The number of likely N-dealkylation sites (tertiary alicyclic amines) is 1. The van der Waals surface area contributed by atoms with Gasteiger partial charge in [0.2, 0.25) is 5.91 Å². The van der Waals surface area contributed by atoms with Crippen LogP contribution in [0, 0.1) is 5.92 Å². The minimum absolute atomic E-state index is 0.0255. The maximum atomic E-state index is 12.9. The Morgan fingerprint density at radius 3 is 2.31 bits per heavy atom. The lowest BCUT2D eigenvalue weighted by molar-refractivity contribution is -0.188. The first-order valence-electron chi connectivity index (χ1n) is 9.82. The lowest BCUT2D eigenvalue weighted by Crippen LogP contribution is -2.50. The number of nitrogens with zero attached hydrogens (tertiary/aromatic N) is 3. The van der Waals surface area contributed by atoms with Gasteiger partial charge in [0, 0.05) is 51.1 Å². The number of piperidine rings is 2. The summed E-state index contributed by atoms with van der Waals surface area (Å²) in [5.74, 6) is -0.144. The van der Waals surface area contributed by atoms with Crippen molar-refractivity contribution in [2.45, 2.75) is 37.6 Å². The van der Waals surface area contributed by atoms with Gasteiger partial charge >= 0.3 is 6.18 Å². The molecule has 6 nitrogen and oxygen atoms in total. The van der Waals surface area contributed by atoms with Crippen LogP contribution in [0.4, 0.5) is 19.0 Å². The molecule has 3 saturated heterocycles. The number of carbonyl (C=O) groups is 1. The van der Waals surface area contributed by atoms with Crippen molar-refractivity contribution in [3.63, 3.8) is 0 Å². The van der Waals surface area contributed by atoms with Gasteiger partial charge in [0.1, 0.15) is 5.82 Å². The van der Waals surface area contributed by atoms with Crippen molar-refractivity contribution in [1.29, 1.82) is 0 Å². The zero-order valence-corrected chi connectivity index (χ0v) is 16.6. The molecule has 0 saturated carbocycles. The number of carbonyl (C=O) groups excluding carboxylic acids is 1. The van der Waals surface area contributed by atoms with Gasteiger partial charge in [-0.15, -0.1) is 0 Å². The summed E-state index contributed by atoms with van der Waals surface area (Å²) < 4.78 is 49.8. The van der Waals surface area contributed by atoms with Gasteiger partial charge in [-0.05, 0) is 18.9 Å². The Hall–Kier alpha value is -1.58. The molecule has 1 amide bonds. The van der Waals surface area contributed by atoms with Crippen LogP contribution in [0.3, 0.4) is 0 Å². The van der Waals surface area contributed by atoms with Gasteiger partial charge in [0.25, 0.3) is 0 Å². The maximum Gasteiger partial charge on any atom is 0.417 e. The molecule has 0 atom stereocenters. The van der Waals surface area contributed by atoms with Crippen molar-refractivity contribution in [2.24, 2.45) is 5.92 Å². The molecule has 3 fully saturated rings. The Kier molecular flexibility index (Phi) is 5.65. The van der Waals surface area contributed by atoms with E-state index in [9.17, 15) is 18.0 Å². The molecule has 1 aromatic rings. The van der Waals surface area contributed by atoms with Crippen LogP contribution in [0.2, 0.25) is 5.02 Å². The van der Waals surface area contributed by atoms with E-state index in [-0.39, 0.29) is 16.8 Å². The summed E-state index contributed by atoms with van der Waals surface area (Å²) in [4.78, 5) is 20.5. The summed E-state index contributed by atoms with van der Waals surface area (Å²) in [5.41, 5.74) is -0.866. The average molecular weight is 434 g/mol. The van der Waals surface area contributed by atoms with Crippen LogP contribution < -0.4 is 4.90 Å². The number of anilines is 1. The van der Waals surface area contributed by atoms with Crippen LogP contribution in [0.25, 0.3) is 0 Å². The number of hydrogen-bond donors (Lipinski definition) is 0. The fourth-order valence-electron chi connectivity index (χ4n) is 4.27. The number of alkyl halides is 3. The molecule has 0 radical (unpaired) electrons. The van der Waals surface area contributed by atoms with Crippen molar-refractivity contribution in [3.8, 4) is 0 Å². The fourth-order valence-corrected chi connectivity index (χ4v) is 4.55. The molecule has 3 aliphatic rings. The first-order valence-corrected chi connectivity index (χ1v) is 10.2. The molecule has 29 heavy (non-hydrogen) atoms. The number of ether oxygens (including phenoxy) is 2. The maximum absolute atomic E-state index is 12.9. The van der Waals surface area contributed by atoms with Crippen molar-refractivity contribution in [2.75, 3.05) is 44.3 Å². The second kappa shape index (κ2) is 7.92. The SMILES string of the molecule is O=C(C1CCN(c2ncc(C(F)(F)F)cc2Cl)CC1)N1CCC2(CC1)OCCO2. The van der Waals surface area contributed by atoms with E-state index in [1.165, 1.54) is 0 Å². The smallest absolute Gasteiger partial charge is 0.355 e. The molecule has 4 rings (SSSR count). The second-order valence-electron chi connectivity index (χ2n) is 7.72. The van der Waals surface area contributed by atoms with Crippen molar-refractivity contribution < 1.29 is 27.4 Å². The topological polar surface area (TPSA) is 54.9 Å². The third kappa shape index (κ3) is 4.32. The molecule has 0 aromatic carbocycles. The quantitative estimate of drug-likeness (QED) is 0.716. The average Bonchev–Trinajstić information content (AvgIpc) is 3.15. The normalized spacial score (nSPS) is 23.0. The van der Waals surface area contributed by atoms with E-state index in [1.807, 2.05) is 9.80 Å². The molecule has 0 unspecified atom stereocenters. The molecule has 160 valence electrons. The Balaban J connectivity index is 1.32. The number of aromatic nitrogens is 1.